The lowest BCUT2D eigenvalue weighted by Crippen LogP contribution is -2.54. The predicted molar refractivity (Wildman–Crippen MR) is 119 cm³/mol. The highest BCUT2D eigenvalue weighted by molar-refractivity contribution is 14.1. The number of carbonyl (C=O) groups is 1. The second-order valence-electron chi connectivity index (χ2n) is 5.89. The van der Waals surface area contributed by atoms with E-state index in [0.717, 1.165) is 25.1 Å². The van der Waals surface area contributed by atoms with E-state index in [1.165, 1.54) is 32.1 Å². The number of carbonyl (C=O) groups excluding carboxylic acids is 1. The summed E-state index contributed by atoms with van der Waals surface area (Å²) in [5.41, 5.74) is 0. The molecule has 0 unspecified atom stereocenters. The molecule has 6 heteroatoms. The van der Waals surface area contributed by atoms with Gasteiger partial charge in [0.05, 0.1) is 4.05 Å². The molecule has 1 saturated heterocycles. The molecule has 2 aliphatic rings. The summed E-state index contributed by atoms with van der Waals surface area (Å²) in [6.45, 7) is 0. The van der Waals surface area contributed by atoms with Crippen molar-refractivity contribution in [3.8, 4) is 0 Å². The Kier molecular flexibility index (Phi) is 8.63. The van der Waals surface area contributed by atoms with Crippen LogP contribution >= 0.6 is 90.4 Å². The zero-order valence-corrected chi connectivity index (χ0v) is 20.0. The van der Waals surface area contributed by atoms with E-state index in [1.54, 1.807) is 0 Å². The molecule has 116 valence electrons. The summed E-state index contributed by atoms with van der Waals surface area (Å²) < 4.78 is 3.09. The highest BCUT2D eigenvalue weighted by Gasteiger charge is 2.38. The lowest BCUT2D eigenvalue weighted by molar-refractivity contribution is -0.124. The molecule has 0 N–H and O–H groups in total. The standard InChI is InChI=1S/C14H21I4NO/c15-8-12-6-13(20)7-14(18)19(12)11-4-9(16)2-1-3-10(17)5-11/h9-12,14H,1-8H2/t9-,10+,11-,12-,14+/m1/s1. The van der Waals surface area contributed by atoms with Crippen LogP contribution in [0.25, 0.3) is 0 Å². The second-order valence-corrected chi connectivity index (χ2v) is 11.7. The number of rotatable bonds is 2. The van der Waals surface area contributed by atoms with Crippen LogP contribution in [0.15, 0.2) is 0 Å². The Bertz CT molecular complexity index is 329. The van der Waals surface area contributed by atoms with E-state index < -0.39 is 0 Å². The van der Waals surface area contributed by atoms with Crippen molar-refractivity contribution in [1.82, 2.24) is 4.90 Å². The number of piperidine rings is 1. The highest BCUT2D eigenvalue weighted by Crippen LogP contribution is 2.36. The molecule has 1 saturated carbocycles. The molecular weight excluding hydrogens is 706 g/mol. The normalized spacial score (nSPS) is 41.2. The number of hydrogen-bond donors (Lipinski definition) is 0. The van der Waals surface area contributed by atoms with Crippen molar-refractivity contribution in [2.45, 2.75) is 68.9 Å². The smallest absolute Gasteiger partial charge is 0.136 e. The van der Waals surface area contributed by atoms with Crippen LogP contribution in [0.2, 0.25) is 0 Å². The number of alkyl halides is 4. The molecule has 1 aliphatic carbocycles. The molecule has 0 aromatic rings. The average Bonchev–Trinajstić information content (AvgIpc) is 2.35. The van der Waals surface area contributed by atoms with Gasteiger partial charge in [0.25, 0.3) is 0 Å². The molecule has 2 nitrogen and oxygen atoms in total. The molecule has 2 rings (SSSR count). The summed E-state index contributed by atoms with van der Waals surface area (Å²) in [6, 6.07) is 1.14. The minimum absolute atomic E-state index is 0.408. The molecule has 1 aliphatic heterocycles. The van der Waals surface area contributed by atoms with Gasteiger partial charge in [-0.05, 0) is 25.7 Å². The van der Waals surface area contributed by atoms with Gasteiger partial charge in [0.15, 0.2) is 0 Å². The second kappa shape index (κ2) is 9.14. The van der Waals surface area contributed by atoms with Gasteiger partial charge in [-0.1, -0.05) is 96.8 Å². The van der Waals surface area contributed by atoms with Crippen molar-refractivity contribution in [1.29, 1.82) is 0 Å². The number of hydrogen-bond acceptors (Lipinski definition) is 2. The van der Waals surface area contributed by atoms with Crippen LogP contribution in [0.3, 0.4) is 0 Å². The maximum Gasteiger partial charge on any atom is 0.136 e. The van der Waals surface area contributed by atoms with Crippen LogP contribution in [0.4, 0.5) is 0 Å². The molecule has 0 bridgehead atoms. The highest BCUT2D eigenvalue weighted by atomic mass is 127. The van der Waals surface area contributed by atoms with Crippen molar-refractivity contribution in [3.05, 3.63) is 0 Å². The van der Waals surface area contributed by atoms with E-state index in [-0.39, 0.29) is 0 Å². The fourth-order valence-electron chi connectivity index (χ4n) is 3.36. The van der Waals surface area contributed by atoms with E-state index in [9.17, 15) is 4.79 Å². The molecule has 5 atom stereocenters. The summed E-state index contributed by atoms with van der Waals surface area (Å²) in [7, 11) is 0. The van der Waals surface area contributed by atoms with Gasteiger partial charge >= 0.3 is 0 Å². The predicted octanol–water partition coefficient (Wildman–Crippen LogP) is 5.16. The molecule has 0 radical (unpaired) electrons. The third-order valence-electron chi connectivity index (χ3n) is 4.29. The van der Waals surface area contributed by atoms with Gasteiger partial charge in [-0.15, -0.1) is 0 Å². The van der Waals surface area contributed by atoms with Crippen molar-refractivity contribution < 1.29 is 4.79 Å². The van der Waals surface area contributed by atoms with Crippen LogP contribution in [0.1, 0.15) is 44.9 Å². The van der Waals surface area contributed by atoms with E-state index in [4.69, 9.17) is 0 Å². The number of nitrogens with zero attached hydrogens (tertiary/aromatic N) is 1. The fraction of sp³-hybridized carbons (Fsp3) is 0.929. The number of Topliss-reactive ketones (excluding diaryl/α,β-unsaturated/α-hetero) is 1. The Hall–Kier alpha value is 2.55. The van der Waals surface area contributed by atoms with Gasteiger partial charge in [-0.2, -0.15) is 0 Å². The largest absolute Gasteiger partial charge is 0.300 e. The lowest BCUT2D eigenvalue weighted by atomic mass is 9.91. The number of likely N-dealkylation sites (tertiary alicyclic amines) is 1. The Labute approximate surface area is 176 Å². The zero-order chi connectivity index (χ0) is 14.7. The van der Waals surface area contributed by atoms with Gasteiger partial charge in [0.2, 0.25) is 0 Å². The van der Waals surface area contributed by atoms with Crippen LogP contribution in [-0.4, -0.2) is 39.1 Å². The van der Waals surface area contributed by atoms with Crippen LogP contribution in [0, 0.1) is 0 Å². The van der Waals surface area contributed by atoms with Gasteiger partial charge in [-0.25, -0.2) is 0 Å². The monoisotopic (exact) mass is 727 g/mol. The SMILES string of the molecule is O=C1C[C@H](CI)N([C@@H]2C[C@H](I)CCC[C@H](I)C2)[C@H](I)C1. The Morgan fingerprint density at radius 2 is 1.65 bits per heavy atom. The van der Waals surface area contributed by atoms with Crippen LogP contribution in [-0.2, 0) is 4.79 Å². The summed E-state index contributed by atoms with van der Waals surface area (Å²) in [6.07, 6.45) is 8.25. The first-order valence-corrected chi connectivity index (χ1v) is 12.5. The summed E-state index contributed by atoms with van der Waals surface area (Å²) >= 11 is 10.3. The van der Waals surface area contributed by atoms with Gasteiger partial charge in [0, 0.05) is 37.2 Å². The molecule has 0 amide bonds. The maximum atomic E-state index is 11.9. The van der Waals surface area contributed by atoms with Gasteiger partial charge < -0.3 is 0 Å². The lowest BCUT2D eigenvalue weighted by Gasteiger charge is -2.45. The molecule has 20 heavy (non-hydrogen) atoms. The quantitative estimate of drug-likeness (QED) is 0.223. The molecule has 0 aromatic carbocycles. The number of halogens is 4. The first kappa shape index (κ1) is 18.9. The molecule has 1 heterocycles. The Morgan fingerprint density at radius 1 is 1.05 bits per heavy atom. The minimum atomic E-state index is 0.408. The third-order valence-corrected chi connectivity index (χ3v) is 8.66. The van der Waals surface area contributed by atoms with Gasteiger partial charge in [-0.3, -0.25) is 9.69 Å². The molecule has 0 aromatic heterocycles. The van der Waals surface area contributed by atoms with E-state index >= 15 is 0 Å². The average molecular weight is 727 g/mol. The van der Waals surface area contributed by atoms with Crippen molar-refractivity contribution in [2.24, 2.45) is 0 Å². The summed E-state index contributed by atoms with van der Waals surface area (Å²) in [5.74, 6) is 0.463. The number of ketones is 1. The summed E-state index contributed by atoms with van der Waals surface area (Å²) in [5, 5.41) is 0. The Morgan fingerprint density at radius 3 is 2.20 bits per heavy atom. The van der Waals surface area contributed by atoms with Crippen molar-refractivity contribution in [3.63, 3.8) is 0 Å². The first-order chi connectivity index (χ1) is 9.51. The van der Waals surface area contributed by atoms with E-state index in [0.29, 0.717) is 21.9 Å². The topological polar surface area (TPSA) is 20.3 Å². The molecule has 2 fully saturated rings. The van der Waals surface area contributed by atoms with Crippen molar-refractivity contribution in [2.75, 3.05) is 4.43 Å². The fourth-order valence-corrected chi connectivity index (χ4v) is 7.58. The summed E-state index contributed by atoms with van der Waals surface area (Å²) in [4.78, 5) is 14.6. The Balaban J connectivity index is 2.13. The third kappa shape index (κ3) is 5.29. The van der Waals surface area contributed by atoms with Crippen molar-refractivity contribution >= 4 is 96.1 Å². The minimum Gasteiger partial charge on any atom is -0.300 e. The van der Waals surface area contributed by atoms with E-state index in [1.807, 2.05) is 0 Å². The van der Waals surface area contributed by atoms with E-state index in [2.05, 4.69) is 95.3 Å². The maximum absolute atomic E-state index is 11.9. The molecule has 0 spiro atoms. The first-order valence-electron chi connectivity index (χ1n) is 7.28. The van der Waals surface area contributed by atoms with Crippen LogP contribution in [0.5, 0.6) is 0 Å². The van der Waals surface area contributed by atoms with Crippen LogP contribution < -0.4 is 0 Å². The van der Waals surface area contributed by atoms with Gasteiger partial charge in [0.1, 0.15) is 5.78 Å². The zero-order valence-electron chi connectivity index (χ0n) is 11.4. The molecular formula is C14H21I4NO.